The number of amides is 1. The summed E-state index contributed by atoms with van der Waals surface area (Å²) in [4.78, 5) is 29.8. The minimum absolute atomic E-state index is 0.0914. The molecule has 0 aromatic carbocycles. The molecule has 0 radical (unpaired) electrons. The fourth-order valence-electron chi connectivity index (χ4n) is 3.54. The molecule has 0 bridgehead atoms. The van der Waals surface area contributed by atoms with Crippen LogP contribution in [0.5, 0.6) is 5.88 Å². The molecule has 2 heterocycles. The molecule has 3 rings (SSSR count). The third-order valence-electron chi connectivity index (χ3n) is 5.33. The summed E-state index contributed by atoms with van der Waals surface area (Å²) < 4.78 is 6.56. The molecule has 27 heavy (non-hydrogen) atoms. The summed E-state index contributed by atoms with van der Waals surface area (Å²) in [5.74, 6) is 0.171. The Bertz CT molecular complexity index is 899. The first-order valence-electron chi connectivity index (χ1n) is 8.98. The first-order valence-corrected chi connectivity index (χ1v) is 8.98. The van der Waals surface area contributed by atoms with Crippen LogP contribution < -0.4 is 15.6 Å². The number of ether oxygens (including phenoxy) is 1. The lowest BCUT2D eigenvalue weighted by molar-refractivity contribution is 0.0234. The van der Waals surface area contributed by atoms with Crippen LogP contribution in [0.2, 0.25) is 0 Å². The Morgan fingerprint density at radius 1 is 1.37 bits per heavy atom. The van der Waals surface area contributed by atoms with E-state index in [9.17, 15) is 14.7 Å². The number of carbonyl (C=O) groups excluding carboxylic acids is 1. The van der Waals surface area contributed by atoms with Gasteiger partial charge in [-0.2, -0.15) is 0 Å². The number of rotatable bonds is 5. The average molecular weight is 371 g/mol. The molecule has 144 valence electrons. The standard InChI is InChI=1S/C20H25N3O4/c1-11-7-12(2)23(3)20(26)17(11)19(25)22-18(14-8-15(24)9-14)13-5-6-16(27-4)21-10-13/h5-7,10,14-15,18,24H,8-9H2,1-4H3,(H,22,25)/t14?,15?,18-/m1/s1. The zero-order valence-electron chi connectivity index (χ0n) is 16.0. The fraction of sp³-hybridized carbons (Fsp3) is 0.450. The van der Waals surface area contributed by atoms with Gasteiger partial charge < -0.3 is 19.7 Å². The van der Waals surface area contributed by atoms with Gasteiger partial charge in [0, 0.05) is 25.0 Å². The molecule has 2 aromatic rings. The molecule has 2 aromatic heterocycles. The number of hydrogen-bond donors (Lipinski definition) is 2. The Morgan fingerprint density at radius 3 is 2.63 bits per heavy atom. The van der Waals surface area contributed by atoms with Gasteiger partial charge in [-0.05, 0) is 49.8 Å². The van der Waals surface area contributed by atoms with Crippen LogP contribution in [0.15, 0.2) is 29.2 Å². The Labute approximate surface area is 158 Å². The third kappa shape index (κ3) is 3.73. The van der Waals surface area contributed by atoms with Crippen molar-refractivity contribution in [2.45, 2.75) is 38.8 Å². The molecular formula is C20H25N3O4. The molecule has 0 aliphatic heterocycles. The fourth-order valence-corrected chi connectivity index (χ4v) is 3.54. The third-order valence-corrected chi connectivity index (χ3v) is 5.33. The van der Waals surface area contributed by atoms with Gasteiger partial charge in [0.05, 0.1) is 19.3 Å². The molecule has 1 amide bonds. The van der Waals surface area contributed by atoms with Gasteiger partial charge in [-0.25, -0.2) is 4.98 Å². The predicted octanol–water partition coefficient (Wildman–Crippen LogP) is 1.65. The maximum absolute atomic E-state index is 13.0. The first kappa shape index (κ1) is 19.1. The molecule has 0 unspecified atom stereocenters. The second kappa shape index (κ2) is 7.52. The Balaban J connectivity index is 1.91. The van der Waals surface area contributed by atoms with Crippen molar-refractivity contribution in [1.29, 1.82) is 0 Å². The van der Waals surface area contributed by atoms with E-state index in [-0.39, 0.29) is 29.2 Å². The highest BCUT2D eigenvalue weighted by molar-refractivity contribution is 5.95. The molecule has 2 N–H and O–H groups in total. The average Bonchev–Trinajstić information content (AvgIpc) is 2.62. The van der Waals surface area contributed by atoms with Crippen LogP contribution in [0.1, 0.15) is 46.1 Å². The van der Waals surface area contributed by atoms with Crippen molar-refractivity contribution in [2.75, 3.05) is 7.11 Å². The zero-order valence-corrected chi connectivity index (χ0v) is 16.0. The Hall–Kier alpha value is -2.67. The molecule has 1 atom stereocenters. The molecule has 1 saturated carbocycles. The van der Waals surface area contributed by atoms with Crippen molar-refractivity contribution < 1.29 is 14.6 Å². The number of pyridine rings is 2. The van der Waals surface area contributed by atoms with Crippen molar-refractivity contribution in [3.8, 4) is 5.88 Å². The minimum Gasteiger partial charge on any atom is -0.481 e. The lowest BCUT2D eigenvalue weighted by atomic mass is 9.75. The number of aromatic nitrogens is 2. The predicted molar refractivity (Wildman–Crippen MR) is 101 cm³/mol. The molecule has 7 nitrogen and oxygen atoms in total. The van der Waals surface area contributed by atoms with Crippen molar-refractivity contribution in [2.24, 2.45) is 13.0 Å². The quantitative estimate of drug-likeness (QED) is 0.834. The van der Waals surface area contributed by atoms with E-state index in [0.717, 1.165) is 11.3 Å². The number of methoxy groups -OCH3 is 1. The highest BCUT2D eigenvalue weighted by Gasteiger charge is 2.36. The molecule has 1 aliphatic carbocycles. The van der Waals surface area contributed by atoms with Crippen LogP contribution in [-0.2, 0) is 7.05 Å². The van der Waals surface area contributed by atoms with E-state index in [1.807, 2.05) is 19.1 Å². The van der Waals surface area contributed by atoms with Crippen LogP contribution in [0.25, 0.3) is 0 Å². The number of hydrogen-bond acceptors (Lipinski definition) is 5. The van der Waals surface area contributed by atoms with E-state index >= 15 is 0 Å². The molecule has 1 aliphatic rings. The molecule has 1 fully saturated rings. The van der Waals surface area contributed by atoms with Crippen LogP contribution in [0.4, 0.5) is 0 Å². The van der Waals surface area contributed by atoms with Gasteiger partial charge in [-0.15, -0.1) is 0 Å². The van der Waals surface area contributed by atoms with Crippen LogP contribution in [0, 0.1) is 19.8 Å². The van der Waals surface area contributed by atoms with Crippen LogP contribution >= 0.6 is 0 Å². The van der Waals surface area contributed by atoms with Gasteiger partial charge in [0.1, 0.15) is 5.56 Å². The van der Waals surface area contributed by atoms with Crippen molar-refractivity contribution in [3.63, 3.8) is 0 Å². The maximum Gasteiger partial charge on any atom is 0.263 e. The topological polar surface area (TPSA) is 93.5 Å². The highest BCUT2D eigenvalue weighted by atomic mass is 16.5. The number of nitrogens with one attached hydrogen (secondary N) is 1. The SMILES string of the molecule is COc1ccc([C@@H](NC(=O)c2c(C)cc(C)n(C)c2=O)C2CC(O)C2)cn1. The van der Waals surface area contributed by atoms with Gasteiger partial charge in [-0.1, -0.05) is 6.07 Å². The van der Waals surface area contributed by atoms with Crippen molar-refractivity contribution in [1.82, 2.24) is 14.9 Å². The van der Waals surface area contributed by atoms with Crippen LogP contribution in [0.3, 0.4) is 0 Å². The van der Waals surface area contributed by atoms with E-state index in [0.29, 0.717) is 24.3 Å². The minimum atomic E-state index is -0.407. The van der Waals surface area contributed by atoms with E-state index in [4.69, 9.17) is 4.74 Å². The Morgan fingerprint density at radius 2 is 2.07 bits per heavy atom. The summed E-state index contributed by atoms with van der Waals surface area (Å²) in [6.07, 6.45) is 2.51. The van der Waals surface area contributed by atoms with Crippen LogP contribution in [-0.4, -0.2) is 33.8 Å². The first-order chi connectivity index (χ1) is 12.8. The monoisotopic (exact) mass is 371 g/mol. The maximum atomic E-state index is 13.0. The van der Waals surface area contributed by atoms with E-state index < -0.39 is 5.91 Å². The second-order valence-corrected chi connectivity index (χ2v) is 7.18. The zero-order chi connectivity index (χ0) is 19.7. The summed E-state index contributed by atoms with van der Waals surface area (Å²) in [5, 5.41) is 12.7. The highest BCUT2D eigenvalue weighted by Crippen LogP contribution is 2.38. The van der Waals surface area contributed by atoms with Crippen molar-refractivity contribution in [3.05, 3.63) is 57.1 Å². The molecular weight excluding hydrogens is 346 g/mol. The van der Waals surface area contributed by atoms with Gasteiger partial charge in [-0.3, -0.25) is 9.59 Å². The number of aryl methyl sites for hydroxylation is 2. The van der Waals surface area contributed by atoms with E-state index in [1.54, 1.807) is 33.3 Å². The summed E-state index contributed by atoms with van der Waals surface area (Å²) in [7, 11) is 3.19. The largest absolute Gasteiger partial charge is 0.481 e. The lowest BCUT2D eigenvalue weighted by Crippen LogP contribution is -2.43. The number of carbonyl (C=O) groups is 1. The Kier molecular flexibility index (Phi) is 5.32. The van der Waals surface area contributed by atoms with Gasteiger partial charge in [0.25, 0.3) is 11.5 Å². The normalized spacial score (nSPS) is 19.9. The number of aliphatic hydroxyl groups is 1. The van der Waals surface area contributed by atoms with Gasteiger partial charge >= 0.3 is 0 Å². The van der Waals surface area contributed by atoms with Crippen molar-refractivity contribution >= 4 is 5.91 Å². The number of nitrogens with zero attached hydrogens (tertiary/aromatic N) is 2. The van der Waals surface area contributed by atoms with Gasteiger partial charge in [0.2, 0.25) is 5.88 Å². The smallest absolute Gasteiger partial charge is 0.263 e. The number of aliphatic hydroxyl groups excluding tert-OH is 1. The van der Waals surface area contributed by atoms with E-state index in [1.165, 1.54) is 4.57 Å². The summed E-state index contributed by atoms with van der Waals surface area (Å²) in [6.45, 7) is 3.60. The van der Waals surface area contributed by atoms with Gasteiger partial charge in [0.15, 0.2) is 0 Å². The summed E-state index contributed by atoms with van der Waals surface area (Å²) in [5.41, 5.74) is 2.10. The molecule has 7 heteroatoms. The molecule has 0 saturated heterocycles. The summed E-state index contributed by atoms with van der Waals surface area (Å²) in [6, 6.07) is 5.08. The second-order valence-electron chi connectivity index (χ2n) is 7.18. The van der Waals surface area contributed by atoms with E-state index in [2.05, 4.69) is 10.3 Å². The summed E-state index contributed by atoms with van der Waals surface area (Å²) >= 11 is 0. The molecule has 0 spiro atoms. The lowest BCUT2D eigenvalue weighted by Gasteiger charge is -2.38.